The van der Waals surface area contributed by atoms with Crippen LogP contribution in [0.3, 0.4) is 0 Å². The lowest BCUT2D eigenvalue weighted by molar-refractivity contribution is 0.305. The van der Waals surface area contributed by atoms with Crippen LogP contribution in [-0.4, -0.2) is 9.55 Å². The number of nitrogens with zero attached hydrogens (tertiary/aromatic N) is 2. The number of imidazole rings is 1. The lowest BCUT2D eigenvalue weighted by Gasteiger charge is -2.30. The highest BCUT2D eigenvalue weighted by atomic mass is 15.1. The summed E-state index contributed by atoms with van der Waals surface area (Å²) in [5, 5.41) is 0. The number of rotatable bonds is 2. The molecule has 1 aromatic rings. The van der Waals surface area contributed by atoms with Gasteiger partial charge in [-0.25, -0.2) is 4.98 Å². The van der Waals surface area contributed by atoms with Crippen molar-refractivity contribution in [2.24, 2.45) is 5.92 Å². The maximum Gasteiger partial charge on any atom is 0.112 e. The van der Waals surface area contributed by atoms with E-state index in [2.05, 4.69) is 17.7 Å². The van der Waals surface area contributed by atoms with Crippen LogP contribution in [0.1, 0.15) is 76.1 Å². The van der Waals surface area contributed by atoms with Gasteiger partial charge in [-0.05, 0) is 25.2 Å². The highest BCUT2D eigenvalue weighted by Gasteiger charge is 2.28. The van der Waals surface area contributed by atoms with E-state index in [0.29, 0.717) is 0 Å². The fourth-order valence-corrected chi connectivity index (χ4v) is 3.80. The predicted molar refractivity (Wildman–Crippen MR) is 70.1 cm³/mol. The Balaban J connectivity index is 1.84. The molecular formula is C15H24N2. The molecule has 2 unspecified atom stereocenters. The third kappa shape index (κ3) is 2.14. The lowest BCUT2D eigenvalue weighted by Crippen LogP contribution is -2.20. The van der Waals surface area contributed by atoms with Crippen molar-refractivity contribution < 1.29 is 0 Å². The van der Waals surface area contributed by atoms with E-state index in [9.17, 15) is 0 Å². The van der Waals surface area contributed by atoms with E-state index in [4.69, 9.17) is 4.98 Å². The number of aromatic nitrogens is 2. The topological polar surface area (TPSA) is 17.8 Å². The van der Waals surface area contributed by atoms with Crippen LogP contribution in [0, 0.1) is 5.92 Å². The highest BCUT2D eigenvalue weighted by Crippen LogP contribution is 2.39. The Morgan fingerprint density at radius 2 is 1.76 bits per heavy atom. The van der Waals surface area contributed by atoms with Gasteiger partial charge in [0.05, 0.1) is 0 Å². The van der Waals surface area contributed by atoms with Crippen molar-refractivity contribution in [1.82, 2.24) is 9.55 Å². The average Bonchev–Trinajstić information content (AvgIpc) is 3.00. The SMILES string of the molecule is CC1CCCCC1c1nccn1C1CCCC1. The molecule has 94 valence electrons. The molecule has 17 heavy (non-hydrogen) atoms. The zero-order valence-electron chi connectivity index (χ0n) is 10.9. The van der Waals surface area contributed by atoms with E-state index in [-0.39, 0.29) is 0 Å². The Kier molecular flexibility index (Phi) is 3.21. The molecule has 0 spiro atoms. The second kappa shape index (κ2) is 4.83. The van der Waals surface area contributed by atoms with Crippen LogP contribution >= 0.6 is 0 Å². The molecule has 2 aliphatic rings. The van der Waals surface area contributed by atoms with E-state index in [1.54, 1.807) is 0 Å². The van der Waals surface area contributed by atoms with Gasteiger partial charge in [-0.2, -0.15) is 0 Å². The van der Waals surface area contributed by atoms with Crippen LogP contribution in [0.2, 0.25) is 0 Å². The Morgan fingerprint density at radius 1 is 1.06 bits per heavy atom. The summed E-state index contributed by atoms with van der Waals surface area (Å²) in [6.07, 6.45) is 15.4. The minimum atomic E-state index is 0.722. The standard InChI is InChI=1S/C15H24N2/c1-12-6-2-5-9-14(12)15-16-10-11-17(15)13-7-3-4-8-13/h10-14H,2-9H2,1H3. The fraction of sp³-hybridized carbons (Fsp3) is 0.800. The Labute approximate surface area is 104 Å². The van der Waals surface area contributed by atoms with Gasteiger partial charge in [0.25, 0.3) is 0 Å². The van der Waals surface area contributed by atoms with Gasteiger partial charge in [-0.15, -0.1) is 0 Å². The van der Waals surface area contributed by atoms with E-state index >= 15 is 0 Å². The molecular weight excluding hydrogens is 208 g/mol. The Bertz CT molecular complexity index is 363. The van der Waals surface area contributed by atoms with Crippen molar-refractivity contribution in [2.75, 3.05) is 0 Å². The largest absolute Gasteiger partial charge is 0.332 e. The van der Waals surface area contributed by atoms with Crippen LogP contribution in [0.5, 0.6) is 0 Å². The van der Waals surface area contributed by atoms with Crippen LogP contribution in [0.4, 0.5) is 0 Å². The van der Waals surface area contributed by atoms with Crippen LogP contribution in [-0.2, 0) is 0 Å². The first kappa shape index (κ1) is 11.3. The molecule has 0 N–H and O–H groups in total. The number of hydrogen-bond donors (Lipinski definition) is 0. The van der Waals surface area contributed by atoms with Crippen molar-refractivity contribution in [2.45, 2.75) is 70.3 Å². The minimum Gasteiger partial charge on any atom is -0.332 e. The summed E-state index contributed by atoms with van der Waals surface area (Å²) in [4.78, 5) is 4.70. The maximum atomic E-state index is 4.70. The van der Waals surface area contributed by atoms with Gasteiger partial charge in [0.15, 0.2) is 0 Å². The summed E-state index contributed by atoms with van der Waals surface area (Å²) in [6.45, 7) is 2.41. The minimum absolute atomic E-state index is 0.722. The zero-order valence-corrected chi connectivity index (χ0v) is 10.9. The molecule has 2 atom stereocenters. The summed E-state index contributed by atoms with van der Waals surface area (Å²) in [7, 11) is 0. The molecule has 0 amide bonds. The zero-order chi connectivity index (χ0) is 11.7. The third-order valence-corrected chi connectivity index (χ3v) is 4.86. The molecule has 2 fully saturated rings. The van der Waals surface area contributed by atoms with Crippen LogP contribution < -0.4 is 0 Å². The van der Waals surface area contributed by atoms with Gasteiger partial charge in [-0.3, -0.25) is 0 Å². The van der Waals surface area contributed by atoms with Crippen molar-refractivity contribution in [3.05, 3.63) is 18.2 Å². The third-order valence-electron chi connectivity index (χ3n) is 4.86. The molecule has 1 aromatic heterocycles. The Hall–Kier alpha value is -0.790. The molecule has 0 aromatic carbocycles. The van der Waals surface area contributed by atoms with E-state index < -0.39 is 0 Å². The molecule has 0 saturated heterocycles. The summed E-state index contributed by atoms with van der Waals surface area (Å²) in [5.41, 5.74) is 0. The van der Waals surface area contributed by atoms with Crippen LogP contribution in [0.15, 0.2) is 12.4 Å². The number of hydrogen-bond acceptors (Lipinski definition) is 1. The van der Waals surface area contributed by atoms with Crippen molar-refractivity contribution in [1.29, 1.82) is 0 Å². The molecule has 0 aliphatic heterocycles. The molecule has 3 rings (SSSR count). The summed E-state index contributed by atoms with van der Waals surface area (Å²) in [5.74, 6) is 2.94. The molecule has 2 heteroatoms. The molecule has 0 bridgehead atoms. The normalized spacial score (nSPS) is 30.9. The van der Waals surface area contributed by atoms with Gasteiger partial charge < -0.3 is 4.57 Å². The molecule has 2 aliphatic carbocycles. The lowest BCUT2D eigenvalue weighted by atomic mass is 9.80. The molecule has 2 nitrogen and oxygen atoms in total. The van der Waals surface area contributed by atoms with Gasteiger partial charge >= 0.3 is 0 Å². The maximum absolute atomic E-state index is 4.70. The Morgan fingerprint density at radius 3 is 2.53 bits per heavy atom. The van der Waals surface area contributed by atoms with Crippen molar-refractivity contribution in [3.8, 4) is 0 Å². The van der Waals surface area contributed by atoms with Crippen LogP contribution in [0.25, 0.3) is 0 Å². The first-order chi connectivity index (χ1) is 8.36. The highest BCUT2D eigenvalue weighted by molar-refractivity contribution is 5.05. The predicted octanol–water partition coefficient (Wildman–Crippen LogP) is 4.29. The second-order valence-electron chi connectivity index (χ2n) is 6.00. The molecule has 1 heterocycles. The molecule has 0 radical (unpaired) electrons. The van der Waals surface area contributed by atoms with Crippen molar-refractivity contribution >= 4 is 0 Å². The van der Waals surface area contributed by atoms with E-state index in [1.165, 1.54) is 57.2 Å². The van der Waals surface area contributed by atoms with Gasteiger partial charge in [0, 0.05) is 24.4 Å². The second-order valence-corrected chi connectivity index (χ2v) is 6.00. The smallest absolute Gasteiger partial charge is 0.112 e. The first-order valence-electron chi connectivity index (χ1n) is 7.39. The van der Waals surface area contributed by atoms with E-state index in [0.717, 1.165) is 17.9 Å². The first-order valence-corrected chi connectivity index (χ1v) is 7.39. The quantitative estimate of drug-likeness (QED) is 0.743. The fourth-order valence-electron chi connectivity index (χ4n) is 3.80. The summed E-state index contributed by atoms with van der Waals surface area (Å²) >= 11 is 0. The summed E-state index contributed by atoms with van der Waals surface area (Å²) in [6, 6.07) is 0.752. The van der Waals surface area contributed by atoms with Gasteiger partial charge in [-0.1, -0.05) is 39.0 Å². The van der Waals surface area contributed by atoms with Gasteiger partial charge in [0.2, 0.25) is 0 Å². The molecule has 2 saturated carbocycles. The average molecular weight is 232 g/mol. The monoisotopic (exact) mass is 232 g/mol. The van der Waals surface area contributed by atoms with Crippen molar-refractivity contribution in [3.63, 3.8) is 0 Å². The summed E-state index contributed by atoms with van der Waals surface area (Å²) < 4.78 is 2.51. The van der Waals surface area contributed by atoms with E-state index in [1.807, 2.05) is 6.20 Å². The van der Waals surface area contributed by atoms with Gasteiger partial charge in [0.1, 0.15) is 5.82 Å².